The molecule has 33 heavy (non-hydrogen) atoms. The highest BCUT2D eigenvalue weighted by Gasteiger charge is 2.32. The average Bonchev–Trinajstić information content (AvgIpc) is 3.25. The number of benzene rings is 1. The molecular weight excluding hydrogens is 456 g/mol. The van der Waals surface area contributed by atoms with Crippen molar-refractivity contribution in [1.29, 1.82) is 0 Å². The normalized spacial score (nSPS) is 15.9. The van der Waals surface area contributed by atoms with Crippen molar-refractivity contribution < 1.29 is 28.5 Å². The molecule has 2 heterocycles. The second-order valence-corrected chi connectivity index (χ2v) is 8.21. The minimum absolute atomic E-state index is 0.0883. The molecule has 2 aromatic rings. The standard InChI is InChI=1S/C21H25F2N5O4S/c1-3-24-11-28(6-7-32-2)21(31)17-19(30)18(29)14(10-25-17)20-27-26-16(33-20)8-12-4-5-13(22)9-15(12)23/h4-5,9-10,18,24-25,29-30H,3,6-8,11H2,1-2H3. The Hall–Kier alpha value is -2.93. The van der Waals surface area contributed by atoms with Gasteiger partial charge in [0.2, 0.25) is 0 Å². The predicted molar refractivity (Wildman–Crippen MR) is 118 cm³/mol. The summed E-state index contributed by atoms with van der Waals surface area (Å²) in [5.41, 5.74) is 0.309. The molecule has 1 atom stereocenters. The van der Waals surface area contributed by atoms with Gasteiger partial charge in [-0.25, -0.2) is 8.78 Å². The van der Waals surface area contributed by atoms with E-state index in [9.17, 15) is 23.8 Å². The summed E-state index contributed by atoms with van der Waals surface area (Å²) < 4.78 is 32.1. The summed E-state index contributed by atoms with van der Waals surface area (Å²) in [7, 11) is 1.52. The summed E-state index contributed by atoms with van der Waals surface area (Å²) in [6.07, 6.45) is -0.0374. The third-order valence-corrected chi connectivity index (χ3v) is 5.84. The van der Waals surface area contributed by atoms with Crippen LogP contribution in [0, 0.1) is 11.6 Å². The number of hydrogen-bond donors (Lipinski definition) is 4. The van der Waals surface area contributed by atoms with Crippen molar-refractivity contribution >= 4 is 22.8 Å². The van der Waals surface area contributed by atoms with Crippen LogP contribution < -0.4 is 10.6 Å². The number of methoxy groups -OCH3 is 1. The number of aliphatic hydroxyl groups is 2. The molecule has 1 unspecified atom stereocenters. The van der Waals surface area contributed by atoms with Crippen LogP contribution in [-0.4, -0.2) is 70.8 Å². The number of ether oxygens (including phenoxy) is 1. The highest BCUT2D eigenvalue weighted by Crippen LogP contribution is 2.30. The molecule has 1 aliphatic heterocycles. The number of aromatic nitrogens is 2. The van der Waals surface area contributed by atoms with Crippen molar-refractivity contribution in [3.8, 4) is 0 Å². The van der Waals surface area contributed by atoms with Gasteiger partial charge >= 0.3 is 0 Å². The van der Waals surface area contributed by atoms with E-state index in [2.05, 4.69) is 20.8 Å². The Bertz CT molecular complexity index is 1050. The van der Waals surface area contributed by atoms with Gasteiger partial charge in [0, 0.05) is 37.9 Å². The molecule has 1 aliphatic rings. The fraction of sp³-hybridized carbons (Fsp3) is 0.381. The Balaban J connectivity index is 1.74. The molecular formula is C21H25F2N5O4S. The number of halogens is 2. The van der Waals surface area contributed by atoms with Gasteiger partial charge in [0.25, 0.3) is 5.91 Å². The van der Waals surface area contributed by atoms with Crippen LogP contribution in [0.25, 0.3) is 5.57 Å². The van der Waals surface area contributed by atoms with Crippen LogP contribution in [0.1, 0.15) is 22.5 Å². The quantitative estimate of drug-likeness (QED) is 0.377. The molecule has 1 aromatic heterocycles. The highest BCUT2D eigenvalue weighted by atomic mass is 32.1. The topological polar surface area (TPSA) is 120 Å². The molecule has 0 saturated carbocycles. The van der Waals surface area contributed by atoms with E-state index in [1.165, 1.54) is 24.3 Å². The van der Waals surface area contributed by atoms with E-state index in [0.29, 0.717) is 18.2 Å². The highest BCUT2D eigenvalue weighted by molar-refractivity contribution is 7.12. The van der Waals surface area contributed by atoms with Crippen molar-refractivity contribution in [1.82, 2.24) is 25.7 Å². The molecule has 9 nitrogen and oxygen atoms in total. The van der Waals surface area contributed by atoms with E-state index < -0.39 is 29.4 Å². The Kier molecular flexibility index (Phi) is 8.44. The van der Waals surface area contributed by atoms with Gasteiger partial charge in [-0.2, -0.15) is 0 Å². The van der Waals surface area contributed by atoms with E-state index >= 15 is 0 Å². The van der Waals surface area contributed by atoms with E-state index in [1.807, 2.05) is 6.92 Å². The number of carbonyl (C=O) groups is 1. The van der Waals surface area contributed by atoms with E-state index in [4.69, 9.17) is 4.74 Å². The number of carbonyl (C=O) groups excluding carboxylic acids is 1. The first kappa shape index (κ1) is 24.7. The van der Waals surface area contributed by atoms with Gasteiger partial charge in [-0.1, -0.05) is 24.3 Å². The zero-order chi connectivity index (χ0) is 24.0. The van der Waals surface area contributed by atoms with Crippen LogP contribution >= 0.6 is 11.3 Å². The summed E-state index contributed by atoms with van der Waals surface area (Å²) in [4.78, 5) is 14.3. The number of dihydropyridines is 1. The monoisotopic (exact) mass is 481 g/mol. The molecule has 0 radical (unpaired) electrons. The summed E-state index contributed by atoms with van der Waals surface area (Å²) in [5.74, 6) is -2.42. The first-order chi connectivity index (χ1) is 15.8. The zero-order valence-corrected chi connectivity index (χ0v) is 19.0. The predicted octanol–water partition coefficient (Wildman–Crippen LogP) is 1.52. The second kappa shape index (κ2) is 11.3. The van der Waals surface area contributed by atoms with Crippen molar-refractivity contribution in [2.45, 2.75) is 19.4 Å². The molecule has 178 valence electrons. The van der Waals surface area contributed by atoms with Crippen LogP contribution in [0.15, 0.2) is 35.9 Å². The van der Waals surface area contributed by atoms with Gasteiger partial charge < -0.3 is 30.5 Å². The largest absolute Gasteiger partial charge is 0.507 e. The molecule has 1 aromatic carbocycles. The lowest BCUT2D eigenvalue weighted by Gasteiger charge is -2.27. The molecule has 4 N–H and O–H groups in total. The van der Waals surface area contributed by atoms with Gasteiger partial charge in [0.05, 0.1) is 13.3 Å². The first-order valence-electron chi connectivity index (χ1n) is 10.2. The average molecular weight is 482 g/mol. The molecule has 0 saturated heterocycles. The number of hydrogen-bond acceptors (Lipinski definition) is 9. The third-order valence-electron chi connectivity index (χ3n) is 4.87. The Morgan fingerprint density at radius 2 is 2.15 bits per heavy atom. The van der Waals surface area contributed by atoms with Crippen molar-refractivity contribution in [3.05, 3.63) is 63.1 Å². The number of aliphatic hydroxyl groups excluding tert-OH is 2. The van der Waals surface area contributed by atoms with E-state index in [-0.39, 0.29) is 41.5 Å². The van der Waals surface area contributed by atoms with Crippen molar-refractivity contribution in [3.63, 3.8) is 0 Å². The lowest BCUT2D eigenvalue weighted by molar-refractivity contribution is -0.128. The SMILES string of the molecule is CCNCN(CCOC)C(=O)C1=C(O)C(O)C(c2nnc(Cc3ccc(F)cc3F)s2)=CN1. The van der Waals surface area contributed by atoms with Crippen LogP contribution in [0.4, 0.5) is 8.78 Å². The van der Waals surface area contributed by atoms with Crippen molar-refractivity contribution in [2.24, 2.45) is 0 Å². The summed E-state index contributed by atoms with van der Waals surface area (Å²) in [5, 5.41) is 35.7. The Morgan fingerprint density at radius 3 is 2.85 bits per heavy atom. The van der Waals surface area contributed by atoms with Gasteiger partial charge in [-0.3, -0.25) is 4.79 Å². The lowest BCUT2D eigenvalue weighted by Crippen LogP contribution is -2.45. The second-order valence-electron chi connectivity index (χ2n) is 7.14. The maximum atomic E-state index is 13.9. The van der Waals surface area contributed by atoms with Crippen LogP contribution in [-0.2, 0) is 16.0 Å². The van der Waals surface area contributed by atoms with E-state index in [1.54, 1.807) is 0 Å². The Labute approximate surface area is 193 Å². The molecule has 0 fully saturated rings. The minimum Gasteiger partial charge on any atom is -0.507 e. The first-order valence-corrected chi connectivity index (χ1v) is 11.0. The van der Waals surface area contributed by atoms with Crippen LogP contribution in [0.2, 0.25) is 0 Å². The van der Waals surface area contributed by atoms with Crippen LogP contribution in [0.5, 0.6) is 0 Å². The Morgan fingerprint density at radius 1 is 1.36 bits per heavy atom. The molecule has 0 spiro atoms. The fourth-order valence-corrected chi connectivity index (χ4v) is 3.97. The van der Waals surface area contributed by atoms with Gasteiger partial charge in [-0.05, 0) is 18.2 Å². The maximum absolute atomic E-state index is 13.9. The summed E-state index contributed by atoms with van der Waals surface area (Å²) >= 11 is 1.08. The number of nitrogens with zero attached hydrogens (tertiary/aromatic N) is 3. The van der Waals surface area contributed by atoms with Crippen LogP contribution in [0.3, 0.4) is 0 Å². The number of rotatable bonds is 10. The minimum atomic E-state index is -1.50. The third kappa shape index (κ3) is 5.90. The number of amides is 1. The van der Waals surface area contributed by atoms with Crippen molar-refractivity contribution in [2.75, 3.05) is 33.5 Å². The molecule has 0 bridgehead atoms. The van der Waals surface area contributed by atoms with Gasteiger partial charge in [0.15, 0.2) is 5.76 Å². The molecule has 12 heteroatoms. The van der Waals surface area contributed by atoms with E-state index in [0.717, 1.165) is 23.5 Å². The molecule has 3 rings (SSSR count). The molecule has 0 aliphatic carbocycles. The number of nitrogens with one attached hydrogen (secondary N) is 2. The summed E-state index contributed by atoms with van der Waals surface area (Å²) in [6, 6.07) is 3.28. The van der Waals surface area contributed by atoms with Gasteiger partial charge in [0.1, 0.15) is 33.5 Å². The maximum Gasteiger partial charge on any atom is 0.274 e. The fourth-order valence-electron chi connectivity index (χ4n) is 3.07. The molecule has 1 amide bonds. The summed E-state index contributed by atoms with van der Waals surface area (Å²) in [6.45, 7) is 3.37. The lowest BCUT2D eigenvalue weighted by atomic mass is 10.0. The van der Waals surface area contributed by atoms with Gasteiger partial charge in [-0.15, -0.1) is 10.2 Å². The smallest absolute Gasteiger partial charge is 0.274 e. The zero-order valence-electron chi connectivity index (χ0n) is 18.1.